The Balaban J connectivity index is 1.71. The van der Waals surface area contributed by atoms with Crippen molar-refractivity contribution in [3.8, 4) is 0 Å². The molecule has 23 heavy (non-hydrogen) atoms. The molecule has 5 nitrogen and oxygen atoms in total. The van der Waals surface area contributed by atoms with Crippen LogP contribution in [0.2, 0.25) is 0 Å². The first-order valence-electron chi connectivity index (χ1n) is 8.16. The van der Waals surface area contributed by atoms with Gasteiger partial charge in [0, 0.05) is 6.54 Å². The highest BCUT2D eigenvalue weighted by Gasteiger charge is 2.57. The Morgan fingerprint density at radius 3 is 2.52 bits per heavy atom. The van der Waals surface area contributed by atoms with Crippen LogP contribution < -0.4 is 0 Å². The molecule has 2 aliphatic rings. The number of likely N-dealkylation sites (tertiary alicyclic amines) is 2. The maximum atomic E-state index is 12.6. The molecule has 1 aromatic rings. The summed E-state index contributed by atoms with van der Waals surface area (Å²) >= 11 is 0. The number of fused-ring (bicyclic) bond motifs is 1. The maximum Gasteiger partial charge on any atom is 0.411 e. The summed E-state index contributed by atoms with van der Waals surface area (Å²) in [7, 11) is 0. The fourth-order valence-electron chi connectivity index (χ4n) is 3.49. The van der Waals surface area contributed by atoms with Crippen LogP contribution >= 0.6 is 0 Å². The number of amides is 2. The first-order valence-corrected chi connectivity index (χ1v) is 8.16. The van der Waals surface area contributed by atoms with Gasteiger partial charge in [0.2, 0.25) is 5.91 Å². The molecule has 0 spiro atoms. The number of nitrogens with zero attached hydrogens (tertiary/aromatic N) is 2. The number of ether oxygens (including phenoxy) is 1. The lowest BCUT2D eigenvalue weighted by molar-refractivity contribution is -0.157. The summed E-state index contributed by atoms with van der Waals surface area (Å²) in [6, 6.07) is 9.78. The van der Waals surface area contributed by atoms with Gasteiger partial charge in [-0.15, -0.1) is 0 Å². The summed E-state index contributed by atoms with van der Waals surface area (Å²) in [5, 5.41) is 0. The van der Waals surface area contributed by atoms with Gasteiger partial charge in [0.1, 0.15) is 11.6 Å². The molecule has 0 unspecified atom stereocenters. The fraction of sp³-hybridized carbons (Fsp3) is 0.556. The first-order chi connectivity index (χ1) is 10.8. The van der Waals surface area contributed by atoms with Crippen LogP contribution in [0, 0.1) is 0 Å². The minimum atomic E-state index is -0.543. The zero-order chi connectivity index (χ0) is 16.8. The smallest absolute Gasteiger partial charge is 0.411 e. The molecule has 2 amide bonds. The highest BCUT2D eigenvalue weighted by Crippen LogP contribution is 2.40. The van der Waals surface area contributed by atoms with E-state index in [1.165, 1.54) is 0 Å². The summed E-state index contributed by atoms with van der Waals surface area (Å²) in [6.07, 6.45) is 0.428. The third-order valence-corrected chi connectivity index (χ3v) is 4.56. The number of hydrogen-bond donors (Lipinski definition) is 0. The summed E-state index contributed by atoms with van der Waals surface area (Å²) in [6.45, 7) is 8.13. The van der Waals surface area contributed by atoms with Crippen LogP contribution in [-0.2, 0) is 9.53 Å². The summed E-state index contributed by atoms with van der Waals surface area (Å²) in [5.41, 5.74) is 0.578. The topological polar surface area (TPSA) is 49.9 Å². The normalized spacial score (nSPS) is 25.0. The Kier molecular flexibility index (Phi) is 3.82. The van der Waals surface area contributed by atoms with Gasteiger partial charge in [0.05, 0.1) is 12.1 Å². The Morgan fingerprint density at radius 2 is 1.91 bits per heavy atom. The van der Waals surface area contributed by atoms with E-state index in [4.69, 9.17) is 4.74 Å². The summed E-state index contributed by atoms with van der Waals surface area (Å²) in [4.78, 5) is 28.4. The molecule has 124 valence electrons. The second kappa shape index (κ2) is 5.55. The Morgan fingerprint density at radius 1 is 1.26 bits per heavy atom. The second-order valence-electron chi connectivity index (χ2n) is 7.31. The van der Waals surface area contributed by atoms with Gasteiger partial charge in [-0.2, -0.15) is 0 Å². The Hall–Kier alpha value is -2.04. The van der Waals surface area contributed by atoms with Gasteiger partial charge in [0.25, 0.3) is 0 Å². The minimum Gasteiger partial charge on any atom is -0.444 e. The lowest BCUT2D eigenvalue weighted by Crippen LogP contribution is -2.67. The van der Waals surface area contributed by atoms with Gasteiger partial charge in [0.15, 0.2) is 0 Å². The van der Waals surface area contributed by atoms with E-state index < -0.39 is 5.60 Å². The molecule has 0 N–H and O–H groups in total. The number of carbonyl (C=O) groups excluding carboxylic acids is 2. The van der Waals surface area contributed by atoms with E-state index >= 15 is 0 Å². The molecule has 0 bridgehead atoms. The predicted octanol–water partition coefficient (Wildman–Crippen LogP) is 2.97. The molecule has 0 aromatic heterocycles. The minimum absolute atomic E-state index is 0.0229. The molecule has 0 aliphatic carbocycles. The van der Waals surface area contributed by atoms with E-state index in [1.807, 2.05) is 62.9 Å². The second-order valence-corrected chi connectivity index (χ2v) is 7.31. The van der Waals surface area contributed by atoms with Gasteiger partial charge < -0.3 is 9.64 Å². The molecule has 1 aromatic carbocycles. The van der Waals surface area contributed by atoms with Gasteiger partial charge in [-0.1, -0.05) is 30.3 Å². The van der Waals surface area contributed by atoms with E-state index in [0.717, 1.165) is 12.0 Å². The SMILES string of the molecule is C[C@@H](c1ccccc1)N1C(=O)[C@@H]2[C@@H]1CCN2C(=O)OC(C)(C)C. The molecule has 0 saturated carbocycles. The van der Waals surface area contributed by atoms with Crippen molar-refractivity contribution in [3.05, 3.63) is 35.9 Å². The van der Waals surface area contributed by atoms with Crippen molar-refractivity contribution in [2.45, 2.75) is 57.8 Å². The number of hydrogen-bond acceptors (Lipinski definition) is 3. The number of carbonyl (C=O) groups is 2. The van der Waals surface area contributed by atoms with E-state index in [-0.39, 0.29) is 30.1 Å². The molecular formula is C18H24N2O3. The zero-order valence-electron chi connectivity index (χ0n) is 14.2. The van der Waals surface area contributed by atoms with Crippen molar-refractivity contribution >= 4 is 12.0 Å². The average molecular weight is 316 g/mol. The molecule has 5 heteroatoms. The fourth-order valence-corrected chi connectivity index (χ4v) is 3.49. The largest absolute Gasteiger partial charge is 0.444 e. The van der Waals surface area contributed by atoms with Crippen LogP contribution in [0.25, 0.3) is 0 Å². The van der Waals surface area contributed by atoms with Crippen LogP contribution in [0.3, 0.4) is 0 Å². The van der Waals surface area contributed by atoms with E-state index in [2.05, 4.69) is 0 Å². The Bertz CT molecular complexity index is 608. The number of β-lactam (4-membered cyclic amide) rings is 1. The number of benzene rings is 1. The zero-order valence-corrected chi connectivity index (χ0v) is 14.2. The summed E-state index contributed by atoms with van der Waals surface area (Å²) in [5.74, 6) is 0.0229. The number of rotatable bonds is 2. The third kappa shape index (κ3) is 2.80. The van der Waals surface area contributed by atoms with E-state index in [1.54, 1.807) is 4.90 Å². The maximum absolute atomic E-state index is 12.6. The molecular weight excluding hydrogens is 292 g/mol. The van der Waals surface area contributed by atoms with Crippen molar-refractivity contribution in [1.29, 1.82) is 0 Å². The third-order valence-electron chi connectivity index (χ3n) is 4.56. The van der Waals surface area contributed by atoms with Gasteiger partial charge in [-0.3, -0.25) is 9.69 Å². The standard InChI is InChI=1S/C18H24N2O3/c1-12(13-8-6-5-7-9-13)20-14-10-11-19(15(14)16(20)21)17(22)23-18(2,3)4/h5-9,12,14-15H,10-11H2,1-4H3/t12-,14-,15-/m0/s1. The van der Waals surface area contributed by atoms with Crippen molar-refractivity contribution in [2.24, 2.45) is 0 Å². The Labute approximate surface area is 137 Å². The predicted molar refractivity (Wildman–Crippen MR) is 86.8 cm³/mol. The van der Waals surface area contributed by atoms with Crippen LogP contribution in [0.5, 0.6) is 0 Å². The van der Waals surface area contributed by atoms with Crippen LogP contribution in [-0.4, -0.2) is 46.0 Å². The quantitative estimate of drug-likeness (QED) is 0.788. The van der Waals surface area contributed by atoms with Crippen molar-refractivity contribution in [1.82, 2.24) is 9.80 Å². The molecule has 2 saturated heterocycles. The monoisotopic (exact) mass is 316 g/mol. The van der Waals surface area contributed by atoms with Crippen molar-refractivity contribution in [2.75, 3.05) is 6.54 Å². The highest BCUT2D eigenvalue weighted by atomic mass is 16.6. The van der Waals surface area contributed by atoms with Crippen molar-refractivity contribution in [3.63, 3.8) is 0 Å². The van der Waals surface area contributed by atoms with Crippen molar-refractivity contribution < 1.29 is 14.3 Å². The molecule has 2 aliphatic heterocycles. The lowest BCUT2D eigenvalue weighted by Gasteiger charge is -2.48. The molecule has 3 atom stereocenters. The van der Waals surface area contributed by atoms with Crippen LogP contribution in [0.1, 0.15) is 45.7 Å². The van der Waals surface area contributed by atoms with Crippen LogP contribution in [0.15, 0.2) is 30.3 Å². The lowest BCUT2D eigenvalue weighted by atomic mass is 9.91. The van der Waals surface area contributed by atoms with Crippen LogP contribution in [0.4, 0.5) is 4.79 Å². The highest BCUT2D eigenvalue weighted by molar-refractivity contribution is 5.93. The van der Waals surface area contributed by atoms with Gasteiger partial charge in [-0.25, -0.2) is 4.79 Å². The van der Waals surface area contributed by atoms with E-state index in [0.29, 0.717) is 6.54 Å². The molecule has 2 fully saturated rings. The molecule has 3 rings (SSSR count). The van der Waals surface area contributed by atoms with Gasteiger partial charge in [-0.05, 0) is 39.7 Å². The first kappa shape index (κ1) is 15.8. The van der Waals surface area contributed by atoms with Gasteiger partial charge >= 0.3 is 6.09 Å². The molecule has 0 radical (unpaired) electrons. The molecule has 2 heterocycles. The van der Waals surface area contributed by atoms with E-state index in [9.17, 15) is 9.59 Å². The summed E-state index contributed by atoms with van der Waals surface area (Å²) < 4.78 is 5.42. The average Bonchev–Trinajstić information content (AvgIpc) is 2.86.